The molecule has 0 fully saturated rings. The maximum absolute atomic E-state index is 12.0. The van der Waals surface area contributed by atoms with Crippen molar-refractivity contribution in [3.05, 3.63) is 23.8 Å². The van der Waals surface area contributed by atoms with Gasteiger partial charge < -0.3 is 9.80 Å². The van der Waals surface area contributed by atoms with Crippen molar-refractivity contribution in [1.29, 1.82) is 0 Å². The Kier molecular flexibility index (Phi) is 4.61. The Labute approximate surface area is 117 Å². The maximum atomic E-state index is 12.0. The van der Waals surface area contributed by atoms with Crippen molar-refractivity contribution in [1.82, 2.24) is 4.90 Å². The molecule has 0 aromatic heterocycles. The van der Waals surface area contributed by atoms with Gasteiger partial charge in [0.1, 0.15) is 6.29 Å². The number of hydrogen-bond acceptors (Lipinski definition) is 4. The van der Waals surface area contributed by atoms with Crippen molar-refractivity contribution >= 4 is 29.6 Å². The molecule has 5 heteroatoms. The molecular weight excluding hydrogens is 260 g/mol. The number of fused-ring (bicyclic) bond motifs is 1. The van der Waals surface area contributed by atoms with E-state index in [-0.39, 0.29) is 5.91 Å². The molecule has 4 nitrogen and oxygen atoms in total. The fourth-order valence-corrected chi connectivity index (χ4v) is 3.06. The van der Waals surface area contributed by atoms with Gasteiger partial charge in [0.25, 0.3) is 0 Å². The fourth-order valence-electron chi connectivity index (χ4n) is 2.08. The van der Waals surface area contributed by atoms with E-state index in [0.29, 0.717) is 11.3 Å². The monoisotopic (exact) mass is 278 g/mol. The predicted octanol–water partition coefficient (Wildman–Crippen LogP) is 1.89. The van der Waals surface area contributed by atoms with Crippen LogP contribution in [0.1, 0.15) is 16.8 Å². The van der Waals surface area contributed by atoms with Crippen molar-refractivity contribution < 1.29 is 9.59 Å². The Morgan fingerprint density at radius 3 is 2.89 bits per heavy atom. The number of amides is 1. The first kappa shape index (κ1) is 14.1. The summed E-state index contributed by atoms with van der Waals surface area (Å²) in [5, 5.41) is 0. The lowest BCUT2D eigenvalue weighted by Gasteiger charge is -2.29. The van der Waals surface area contributed by atoms with E-state index < -0.39 is 0 Å². The van der Waals surface area contributed by atoms with Gasteiger partial charge in [0.2, 0.25) is 5.91 Å². The van der Waals surface area contributed by atoms with Gasteiger partial charge in [-0.2, -0.15) is 0 Å². The fraction of sp³-hybridized carbons (Fsp3) is 0.429. The van der Waals surface area contributed by atoms with E-state index in [2.05, 4.69) is 4.90 Å². The zero-order valence-electron chi connectivity index (χ0n) is 11.3. The first-order valence-electron chi connectivity index (χ1n) is 6.29. The van der Waals surface area contributed by atoms with Crippen LogP contribution in [0.5, 0.6) is 0 Å². The molecule has 1 aromatic carbocycles. The van der Waals surface area contributed by atoms with Gasteiger partial charge in [0, 0.05) is 17.0 Å². The molecule has 0 spiro atoms. The molecule has 1 aliphatic rings. The highest BCUT2D eigenvalue weighted by Gasteiger charge is 2.24. The van der Waals surface area contributed by atoms with Crippen LogP contribution in [-0.4, -0.2) is 50.0 Å². The molecule has 0 radical (unpaired) electrons. The molecule has 0 bridgehead atoms. The minimum absolute atomic E-state index is 0.148. The standard InChI is InChI=1S/C14H18N2O2S/c1-15(2)6-3-7-16-12-5-4-11(9-17)8-13(12)19-10-14(16)18/h4-5,8-9H,3,6-7,10H2,1-2H3. The lowest BCUT2D eigenvalue weighted by molar-refractivity contribution is -0.116. The first-order valence-corrected chi connectivity index (χ1v) is 7.27. The molecule has 0 N–H and O–H groups in total. The second kappa shape index (κ2) is 6.21. The maximum Gasteiger partial charge on any atom is 0.237 e. The number of thioether (sulfide) groups is 1. The van der Waals surface area contributed by atoms with Crippen LogP contribution in [0.2, 0.25) is 0 Å². The van der Waals surface area contributed by atoms with E-state index in [9.17, 15) is 9.59 Å². The molecule has 0 unspecified atom stereocenters. The lowest BCUT2D eigenvalue weighted by Crippen LogP contribution is -2.37. The highest BCUT2D eigenvalue weighted by Crippen LogP contribution is 2.35. The minimum Gasteiger partial charge on any atom is -0.311 e. The third-order valence-electron chi connectivity index (χ3n) is 3.05. The Bertz CT molecular complexity index is 488. The van der Waals surface area contributed by atoms with E-state index in [1.54, 1.807) is 6.07 Å². The number of aldehydes is 1. The topological polar surface area (TPSA) is 40.6 Å². The van der Waals surface area contributed by atoms with Crippen molar-refractivity contribution in [3.8, 4) is 0 Å². The van der Waals surface area contributed by atoms with Crippen LogP contribution in [0, 0.1) is 0 Å². The number of rotatable bonds is 5. The van der Waals surface area contributed by atoms with Gasteiger partial charge in [-0.25, -0.2) is 0 Å². The molecular formula is C14H18N2O2S. The second-order valence-corrected chi connectivity index (χ2v) is 5.85. The van der Waals surface area contributed by atoms with Crippen molar-refractivity contribution in [2.75, 3.05) is 37.8 Å². The minimum atomic E-state index is 0.148. The van der Waals surface area contributed by atoms with Crippen molar-refractivity contribution in [3.63, 3.8) is 0 Å². The summed E-state index contributed by atoms with van der Waals surface area (Å²) in [4.78, 5) is 27.8. The summed E-state index contributed by atoms with van der Waals surface area (Å²) in [5.41, 5.74) is 1.60. The van der Waals surface area contributed by atoms with E-state index in [4.69, 9.17) is 0 Å². The SMILES string of the molecule is CN(C)CCCN1C(=O)CSc2cc(C=O)ccc21. The Hall–Kier alpha value is -1.33. The van der Waals surface area contributed by atoms with Gasteiger partial charge in [-0.15, -0.1) is 11.8 Å². The zero-order valence-corrected chi connectivity index (χ0v) is 12.1. The summed E-state index contributed by atoms with van der Waals surface area (Å²) >= 11 is 1.51. The van der Waals surface area contributed by atoms with E-state index in [0.717, 1.165) is 36.4 Å². The molecule has 2 rings (SSSR count). The van der Waals surface area contributed by atoms with Gasteiger partial charge in [-0.05, 0) is 45.3 Å². The molecule has 102 valence electrons. The van der Waals surface area contributed by atoms with E-state index >= 15 is 0 Å². The first-order chi connectivity index (χ1) is 9.11. The normalized spacial score (nSPS) is 14.7. The van der Waals surface area contributed by atoms with Crippen LogP contribution >= 0.6 is 11.8 Å². The van der Waals surface area contributed by atoms with Crippen LogP contribution in [0.4, 0.5) is 5.69 Å². The largest absolute Gasteiger partial charge is 0.311 e. The Balaban J connectivity index is 2.16. The molecule has 1 aliphatic heterocycles. The summed E-state index contributed by atoms with van der Waals surface area (Å²) in [6, 6.07) is 5.50. The molecule has 1 heterocycles. The van der Waals surface area contributed by atoms with Gasteiger partial charge >= 0.3 is 0 Å². The van der Waals surface area contributed by atoms with Gasteiger partial charge in [0.05, 0.1) is 11.4 Å². The highest BCUT2D eigenvalue weighted by atomic mass is 32.2. The summed E-state index contributed by atoms with van der Waals surface area (Å²) in [7, 11) is 4.05. The Morgan fingerprint density at radius 2 is 2.21 bits per heavy atom. The molecule has 1 aromatic rings. The molecule has 0 saturated carbocycles. The third kappa shape index (κ3) is 3.36. The summed E-state index contributed by atoms with van der Waals surface area (Å²) in [5.74, 6) is 0.604. The summed E-state index contributed by atoms with van der Waals surface area (Å²) < 4.78 is 0. The molecule has 1 amide bonds. The van der Waals surface area contributed by atoms with Crippen molar-refractivity contribution in [2.45, 2.75) is 11.3 Å². The molecule has 0 saturated heterocycles. The highest BCUT2D eigenvalue weighted by molar-refractivity contribution is 8.00. The number of anilines is 1. The zero-order chi connectivity index (χ0) is 13.8. The van der Waals surface area contributed by atoms with Crippen LogP contribution < -0.4 is 4.90 Å². The van der Waals surface area contributed by atoms with Gasteiger partial charge in [-0.1, -0.05) is 0 Å². The Morgan fingerprint density at radius 1 is 1.42 bits per heavy atom. The van der Waals surface area contributed by atoms with Gasteiger partial charge in [0.15, 0.2) is 0 Å². The quantitative estimate of drug-likeness (QED) is 0.771. The van der Waals surface area contributed by atoms with Crippen molar-refractivity contribution in [2.24, 2.45) is 0 Å². The van der Waals surface area contributed by atoms with E-state index in [1.165, 1.54) is 11.8 Å². The number of carbonyl (C=O) groups excluding carboxylic acids is 2. The van der Waals surface area contributed by atoms with Gasteiger partial charge in [-0.3, -0.25) is 9.59 Å². The average molecular weight is 278 g/mol. The third-order valence-corrected chi connectivity index (χ3v) is 4.08. The smallest absolute Gasteiger partial charge is 0.237 e. The molecule has 0 atom stereocenters. The van der Waals surface area contributed by atoms with Crippen LogP contribution in [0.3, 0.4) is 0 Å². The van der Waals surface area contributed by atoms with E-state index in [1.807, 2.05) is 31.1 Å². The molecule has 19 heavy (non-hydrogen) atoms. The van der Waals surface area contributed by atoms with Crippen LogP contribution in [-0.2, 0) is 4.79 Å². The predicted molar refractivity (Wildman–Crippen MR) is 78.1 cm³/mol. The summed E-state index contributed by atoms with van der Waals surface area (Å²) in [6.45, 7) is 1.68. The average Bonchev–Trinajstić information content (AvgIpc) is 2.40. The summed E-state index contributed by atoms with van der Waals surface area (Å²) in [6.07, 6.45) is 1.78. The number of hydrogen-bond donors (Lipinski definition) is 0. The number of carbonyl (C=O) groups is 2. The number of nitrogens with zero attached hydrogens (tertiary/aromatic N) is 2. The molecule has 0 aliphatic carbocycles. The van der Waals surface area contributed by atoms with Crippen LogP contribution in [0.25, 0.3) is 0 Å². The lowest BCUT2D eigenvalue weighted by atomic mass is 10.2. The van der Waals surface area contributed by atoms with Crippen LogP contribution in [0.15, 0.2) is 23.1 Å². The second-order valence-electron chi connectivity index (χ2n) is 4.84. The number of benzene rings is 1.